The van der Waals surface area contributed by atoms with Crippen LogP contribution in [0.1, 0.15) is 0 Å². The Bertz CT molecular complexity index is 701. The van der Waals surface area contributed by atoms with Gasteiger partial charge in [0.2, 0.25) is 0 Å². The van der Waals surface area contributed by atoms with E-state index < -0.39 is 0 Å². The van der Waals surface area contributed by atoms with Crippen molar-refractivity contribution in [3.8, 4) is 5.75 Å². The number of aromatic hydroxyl groups is 1. The second kappa shape index (κ2) is 3.30. The zero-order chi connectivity index (χ0) is 11.3. The van der Waals surface area contributed by atoms with Crippen molar-refractivity contribution in [2.75, 3.05) is 0 Å². The van der Waals surface area contributed by atoms with Gasteiger partial charge in [0.1, 0.15) is 16.9 Å². The lowest BCUT2D eigenvalue weighted by Crippen LogP contribution is -1.70. The average Bonchev–Trinajstić information content (AvgIpc) is 2.57. The van der Waals surface area contributed by atoms with Crippen molar-refractivity contribution in [3.05, 3.63) is 40.4 Å². The first kappa shape index (κ1) is 9.82. The van der Waals surface area contributed by atoms with Crippen LogP contribution in [0.3, 0.4) is 0 Å². The molecule has 0 radical (unpaired) electrons. The SMILES string of the molecule is Oc1ccc2oc3cc(Cl)c(Cl)cc3c2c1. The summed E-state index contributed by atoms with van der Waals surface area (Å²) in [5, 5.41) is 12.0. The molecule has 16 heavy (non-hydrogen) atoms. The smallest absolute Gasteiger partial charge is 0.137 e. The number of hydrogen-bond acceptors (Lipinski definition) is 2. The molecule has 4 heteroatoms. The minimum atomic E-state index is 0.196. The number of rotatable bonds is 0. The molecule has 2 aromatic carbocycles. The number of phenols is 1. The molecule has 1 N–H and O–H groups in total. The first-order chi connectivity index (χ1) is 7.65. The Labute approximate surface area is 101 Å². The highest BCUT2D eigenvalue weighted by Crippen LogP contribution is 2.35. The van der Waals surface area contributed by atoms with Crippen molar-refractivity contribution < 1.29 is 9.52 Å². The van der Waals surface area contributed by atoms with Crippen LogP contribution >= 0.6 is 23.2 Å². The van der Waals surface area contributed by atoms with E-state index in [4.69, 9.17) is 27.6 Å². The lowest BCUT2D eigenvalue weighted by molar-refractivity contribution is 0.476. The topological polar surface area (TPSA) is 33.4 Å². The highest BCUT2D eigenvalue weighted by atomic mass is 35.5. The largest absolute Gasteiger partial charge is 0.508 e. The van der Waals surface area contributed by atoms with E-state index in [-0.39, 0.29) is 5.75 Å². The van der Waals surface area contributed by atoms with Gasteiger partial charge in [-0.15, -0.1) is 0 Å². The monoisotopic (exact) mass is 252 g/mol. The van der Waals surface area contributed by atoms with Gasteiger partial charge >= 0.3 is 0 Å². The van der Waals surface area contributed by atoms with E-state index in [0.29, 0.717) is 21.2 Å². The molecule has 0 saturated heterocycles. The van der Waals surface area contributed by atoms with Crippen molar-refractivity contribution in [2.45, 2.75) is 0 Å². The predicted molar refractivity (Wildman–Crippen MR) is 65.4 cm³/mol. The standard InChI is InChI=1S/C12H6Cl2O2/c13-9-4-8-7-3-6(15)1-2-11(7)16-12(8)5-10(9)14/h1-5,15H. The van der Waals surface area contributed by atoms with E-state index in [1.54, 1.807) is 30.3 Å². The molecule has 3 rings (SSSR count). The molecule has 0 unspecified atom stereocenters. The summed E-state index contributed by atoms with van der Waals surface area (Å²) in [5.74, 6) is 0.196. The van der Waals surface area contributed by atoms with E-state index in [9.17, 15) is 5.11 Å². The summed E-state index contributed by atoms with van der Waals surface area (Å²) in [4.78, 5) is 0. The van der Waals surface area contributed by atoms with Crippen LogP contribution in [0.5, 0.6) is 5.75 Å². The van der Waals surface area contributed by atoms with Gasteiger partial charge in [-0.2, -0.15) is 0 Å². The first-order valence-electron chi connectivity index (χ1n) is 4.65. The fourth-order valence-electron chi connectivity index (χ4n) is 1.76. The quantitative estimate of drug-likeness (QED) is 0.635. The minimum absolute atomic E-state index is 0.196. The van der Waals surface area contributed by atoms with Crippen LogP contribution in [0, 0.1) is 0 Å². The fraction of sp³-hybridized carbons (Fsp3) is 0. The molecule has 1 aromatic heterocycles. The molecular weight excluding hydrogens is 247 g/mol. The van der Waals surface area contributed by atoms with Gasteiger partial charge in [0.05, 0.1) is 10.0 Å². The molecular formula is C12H6Cl2O2. The predicted octanol–water partition coefficient (Wildman–Crippen LogP) is 4.60. The van der Waals surface area contributed by atoms with Crippen LogP contribution < -0.4 is 0 Å². The van der Waals surface area contributed by atoms with Crippen LogP contribution in [0.2, 0.25) is 10.0 Å². The van der Waals surface area contributed by atoms with Crippen molar-refractivity contribution in [1.29, 1.82) is 0 Å². The molecule has 1 heterocycles. The summed E-state index contributed by atoms with van der Waals surface area (Å²) in [5.41, 5.74) is 1.36. The molecule has 2 nitrogen and oxygen atoms in total. The van der Waals surface area contributed by atoms with Gasteiger partial charge < -0.3 is 9.52 Å². The molecule has 0 amide bonds. The van der Waals surface area contributed by atoms with Gasteiger partial charge in [-0.1, -0.05) is 23.2 Å². The Balaban J connectivity index is 2.53. The zero-order valence-electron chi connectivity index (χ0n) is 8.00. The van der Waals surface area contributed by atoms with Gasteiger partial charge in [-0.05, 0) is 24.3 Å². The number of halogens is 2. The summed E-state index contributed by atoms with van der Waals surface area (Å²) in [6, 6.07) is 8.35. The van der Waals surface area contributed by atoms with Gasteiger partial charge in [0.25, 0.3) is 0 Å². The third-order valence-electron chi connectivity index (χ3n) is 2.50. The Hall–Kier alpha value is -1.38. The summed E-state index contributed by atoms with van der Waals surface area (Å²) >= 11 is 11.9. The van der Waals surface area contributed by atoms with Crippen LogP contribution in [-0.2, 0) is 0 Å². The second-order valence-corrected chi connectivity index (χ2v) is 4.36. The number of fused-ring (bicyclic) bond motifs is 3. The molecule has 0 saturated carbocycles. The van der Waals surface area contributed by atoms with E-state index in [2.05, 4.69) is 0 Å². The Morgan fingerprint density at radius 3 is 2.38 bits per heavy atom. The summed E-state index contributed by atoms with van der Waals surface area (Å²) in [7, 11) is 0. The first-order valence-corrected chi connectivity index (χ1v) is 5.41. The average molecular weight is 253 g/mol. The van der Waals surface area contributed by atoms with Gasteiger partial charge in [0, 0.05) is 16.8 Å². The van der Waals surface area contributed by atoms with Crippen LogP contribution in [0.4, 0.5) is 0 Å². The molecule has 0 aliphatic carbocycles. The lowest BCUT2D eigenvalue weighted by Gasteiger charge is -1.94. The molecule has 0 aliphatic rings. The molecule has 0 fully saturated rings. The van der Waals surface area contributed by atoms with Crippen molar-refractivity contribution in [2.24, 2.45) is 0 Å². The molecule has 0 aliphatic heterocycles. The molecule has 0 spiro atoms. The minimum Gasteiger partial charge on any atom is -0.508 e. The number of hydrogen-bond donors (Lipinski definition) is 1. The van der Waals surface area contributed by atoms with E-state index >= 15 is 0 Å². The second-order valence-electron chi connectivity index (χ2n) is 3.55. The van der Waals surface area contributed by atoms with Gasteiger partial charge in [0.15, 0.2) is 0 Å². The molecule has 0 bridgehead atoms. The van der Waals surface area contributed by atoms with Crippen LogP contribution in [0.15, 0.2) is 34.7 Å². The fourth-order valence-corrected chi connectivity index (χ4v) is 2.08. The normalized spacial score (nSPS) is 11.4. The van der Waals surface area contributed by atoms with Crippen molar-refractivity contribution in [3.63, 3.8) is 0 Å². The molecule has 3 aromatic rings. The maximum absolute atomic E-state index is 9.43. The Kier molecular flexibility index (Phi) is 2.03. The number of furan rings is 1. The molecule has 80 valence electrons. The van der Waals surface area contributed by atoms with Crippen molar-refractivity contribution >= 4 is 45.1 Å². The zero-order valence-corrected chi connectivity index (χ0v) is 9.51. The van der Waals surface area contributed by atoms with Gasteiger partial charge in [-0.3, -0.25) is 0 Å². The summed E-state index contributed by atoms with van der Waals surface area (Å²) < 4.78 is 5.59. The summed E-state index contributed by atoms with van der Waals surface area (Å²) in [6.07, 6.45) is 0. The third kappa shape index (κ3) is 1.34. The Morgan fingerprint density at radius 2 is 1.56 bits per heavy atom. The van der Waals surface area contributed by atoms with E-state index in [1.807, 2.05) is 0 Å². The van der Waals surface area contributed by atoms with E-state index in [1.165, 1.54) is 0 Å². The maximum atomic E-state index is 9.43. The highest BCUT2D eigenvalue weighted by molar-refractivity contribution is 6.43. The summed E-state index contributed by atoms with van der Waals surface area (Å²) in [6.45, 7) is 0. The lowest BCUT2D eigenvalue weighted by atomic mass is 10.1. The third-order valence-corrected chi connectivity index (χ3v) is 3.22. The van der Waals surface area contributed by atoms with E-state index in [0.717, 1.165) is 10.8 Å². The van der Waals surface area contributed by atoms with Crippen LogP contribution in [-0.4, -0.2) is 5.11 Å². The highest BCUT2D eigenvalue weighted by Gasteiger charge is 2.10. The molecule has 0 atom stereocenters. The number of phenolic OH excluding ortho intramolecular Hbond substituents is 1. The van der Waals surface area contributed by atoms with Crippen LogP contribution in [0.25, 0.3) is 21.9 Å². The maximum Gasteiger partial charge on any atom is 0.137 e. The van der Waals surface area contributed by atoms with Crippen molar-refractivity contribution in [1.82, 2.24) is 0 Å². The van der Waals surface area contributed by atoms with Gasteiger partial charge in [-0.25, -0.2) is 0 Å². The number of benzene rings is 2. The Morgan fingerprint density at radius 1 is 0.875 bits per heavy atom.